The zero-order chi connectivity index (χ0) is 11.8. The number of amides is 2. The minimum atomic E-state index is -1.19. The molecule has 6 heteroatoms. The maximum Gasteiger partial charge on any atom is 0.312 e. The highest BCUT2D eigenvalue weighted by atomic mass is 16.4. The normalized spacial score (nSPS) is 11.6. The highest BCUT2D eigenvalue weighted by Crippen LogP contribution is 1.98. The number of carboxylic acid groups (broad SMARTS) is 1. The van der Waals surface area contributed by atoms with Gasteiger partial charge in [-0.3, -0.25) is 14.4 Å². The third kappa shape index (κ3) is 6.48. The van der Waals surface area contributed by atoms with Crippen LogP contribution >= 0.6 is 0 Å². The smallest absolute Gasteiger partial charge is 0.312 e. The Morgan fingerprint density at radius 2 is 1.87 bits per heavy atom. The second-order valence-corrected chi connectivity index (χ2v) is 3.20. The number of carbonyl (C=O) groups is 3. The molecule has 86 valence electrons. The number of carboxylic acids is 1. The molecule has 15 heavy (non-hydrogen) atoms. The molecule has 0 fully saturated rings. The Morgan fingerprint density at radius 1 is 1.27 bits per heavy atom. The van der Waals surface area contributed by atoms with Crippen molar-refractivity contribution >= 4 is 17.8 Å². The van der Waals surface area contributed by atoms with Crippen LogP contribution in [-0.4, -0.2) is 29.6 Å². The van der Waals surface area contributed by atoms with Gasteiger partial charge in [-0.05, 0) is 6.42 Å². The van der Waals surface area contributed by atoms with Crippen molar-refractivity contribution in [2.75, 3.05) is 6.67 Å². The SMILES string of the molecule is CCC(C)C(=O)NCNC(=O)CC(=O)O. The van der Waals surface area contributed by atoms with Crippen LogP contribution < -0.4 is 10.6 Å². The molecule has 0 spiro atoms. The molecule has 0 saturated carbocycles. The topological polar surface area (TPSA) is 95.5 Å². The summed E-state index contributed by atoms with van der Waals surface area (Å²) in [5, 5.41) is 13.0. The van der Waals surface area contributed by atoms with Crippen LogP contribution in [0, 0.1) is 5.92 Å². The lowest BCUT2D eigenvalue weighted by Crippen LogP contribution is -2.39. The fraction of sp³-hybridized carbons (Fsp3) is 0.667. The average Bonchev–Trinajstić information content (AvgIpc) is 2.15. The van der Waals surface area contributed by atoms with Crippen LogP contribution in [0.1, 0.15) is 26.7 Å². The van der Waals surface area contributed by atoms with Crippen LogP contribution in [0.2, 0.25) is 0 Å². The molecule has 0 aromatic carbocycles. The van der Waals surface area contributed by atoms with E-state index in [9.17, 15) is 14.4 Å². The Balaban J connectivity index is 3.66. The van der Waals surface area contributed by atoms with E-state index in [2.05, 4.69) is 10.6 Å². The first-order valence-electron chi connectivity index (χ1n) is 4.73. The second kappa shape index (κ2) is 6.80. The molecular weight excluding hydrogens is 200 g/mol. The van der Waals surface area contributed by atoms with Gasteiger partial charge in [0, 0.05) is 5.92 Å². The van der Waals surface area contributed by atoms with E-state index >= 15 is 0 Å². The van der Waals surface area contributed by atoms with Crippen molar-refractivity contribution in [3.63, 3.8) is 0 Å². The maximum atomic E-state index is 11.2. The number of rotatable bonds is 6. The fourth-order valence-corrected chi connectivity index (χ4v) is 0.789. The number of hydrogen-bond donors (Lipinski definition) is 3. The highest BCUT2D eigenvalue weighted by molar-refractivity contribution is 5.93. The van der Waals surface area contributed by atoms with Crippen molar-refractivity contribution in [3.8, 4) is 0 Å². The van der Waals surface area contributed by atoms with Gasteiger partial charge in [0.05, 0.1) is 6.67 Å². The minimum absolute atomic E-state index is 0.0325. The van der Waals surface area contributed by atoms with E-state index in [-0.39, 0.29) is 18.5 Å². The van der Waals surface area contributed by atoms with E-state index in [1.165, 1.54) is 0 Å². The molecule has 0 aromatic rings. The van der Waals surface area contributed by atoms with Crippen molar-refractivity contribution in [2.45, 2.75) is 26.7 Å². The second-order valence-electron chi connectivity index (χ2n) is 3.20. The summed E-state index contributed by atoms with van der Waals surface area (Å²) < 4.78 is 0. The Bertz CT molecular complexity index is 252. The van der Waals surface area contributed by atoms with Crippen molar-refractivity contribution in [1.29, 1.82) is 0 Å². The molecule has 0 bridgehead atoms. The molecule has 0 rings (SSSR count). The van der Waals surface area contributed by atoms with Gasteiger partial charge >= 0.3 is 5.97 Å². The van der Waals surface area contributed by atoms with Gasteiger partial charge in [0.25, 0.3) is 0 Å². The van der Waals surface area contributed by atoms with Crippen LogP contribution in [-0.2, 0) is 14.4 Å². The zero-order valence-electron chi connectivity index (χ0n) is 8.87. The van der Waals surface area contributed by atoms with Gasteiger partial charge in [-0.1, -0.05) is 13.8 Å². The molecule has 0 aliphatic carbocycles. The summed E-state index contributed by atoms with van der Waals surface area (Å²) in [5.74, 6) is -2.08. The minimum Gasteiger partial charge on any atom is -0.481 e. The fourth-order valence-electron chi connectivity index (χ4n) is 0.789. The van der Waals surface area contributed by atoms with Gasteiger partial charge in [-0.25, -0.2) is 0 Å². The number of aliphatic carboxylic acids is 1. The van der Waals surface area contributed by atoms with E-state index in [4.69, 9.17) is 5.11 Å². The lowest BCUT2D eigenvalue weighted by atomic mass is 10.1. The quantitative estimate of drug-likeness (QED) is 0.419. The van der Waals surface area contributed by atoms with Gasteiger partial charge < -0.3 is 15.7 Å². The molecule has 6 nitrogen and oxygen atoms in total. The van der Waals surface area contributed by atoms with E-state index in [0.29, 0.717) is 0 Å². The lowest BCUT2D eigenvalue weighted by Gasteiger charge is -2.10. The summed E-state index contributed by atoms with van der Waals surface area (Å²) in [7, 11) is 0. The molecule has 0 aliphatic rings. The van der Waals surface area contributed by atoms with Crippen molar-refractivity contribution in [2.24, 2.45) is 5.92 Å². The molecule has 1 atom stereocenters. The zero-order valence-corrected chi connectivity index (χ0v) is 8.87. The third-order valence-electron chi connectivity index (χ3n) is 1.92. The Morgan fingerprint density at radius 3 is 2.33 bits per heavy atom. The van der Waals surface area contributed by atoms with Gasteiger partial charge in [-0.15, -0.1) is 0 Å². The standard InChI is InChI=1S/C9H16N2O4/c1-3-6(2)9(15)11-5-10-7(12)4-8(13)14/h6H,3-5H2,1-2H3,(H,10,12)(H,11,15)(H,13,14). The van der Waals surface area contributed by atoms with Crippen molar-refractivity contribution in [1.82, 2.24) is 10.6 Å². The molecule has 0 aliphatic heterocycles. The summed E-state index contributed by atoms with van der Waals surface area (Å²) in [6, 6.07) is 0. The lowest BCUT2D eigenvalue weighted by molar-refractivity contribution is -0.140. The predicted molar refractivity (Wildman–Crippen MR) is 52.9 cm³/mol. The Hall–Kier alpha value is -1.59. The van der Waals surface area contributed by atoms with Gasteiger partial charge in [-0.2, -0.15) is 0 Å². The third-order valence-corrected chi connectivity index (χ3v) is 1.92. The van der Waals surface area contributed by atoms with Gasteiger partial charge in [0.2, 0.25) is 11.8 Å². The van der Waals surface area contributed by atoms with E-state index in [1.807, 2.05) is 6.92 Å². The Labute approximate surface area is 88.0 Å². The molecule has 2 amide bonds. The van der Waals surface area contributed by atoms with Crippen molar-refractivity contribution in [3.05, 3.63) is 0 Å². The first-order chi connectivity index (χ1) is 6.97. The van der Waals surface area contributed by atoms with E-state index in [1.54, 1.807) is 6.92 Å². The van der Waals surface area contributed by atoms with Crippen LogP contribution in [0.3, 0.4) is 0 Å². The first-order valence-corrected chi connectivity index (χ1v) is 4.73. The predicted octanol–water partition coefficient (Wildman–Crippen LogP) is -0.303. The molecule has 3 N–H and O–H groups in total. The molecule has 0 radical (unpaired) electrons. The molecule has 0 aromatic heterocycles. The van der Waals surface area contributed by atoms with E-state index in [0.717, 1.165) is 6.42 Å². The average molecular weight is 216 g/mol. The number of hydrogen-bond acceptors (Lipinski definition) is 3. The summed E-state index contributed by atoms with van der Waals surface area (Å²) in [4.78, 5) is 32.1. The van der Waals surface area contributed by atoms with Gasteiger partial charge in [0.1, 0.15) is 6.42 Å². The molecule has 0 saturated heterocycles. The first kappa shape index (κ1) is 13.4. The summed E-state index contributed by atoms with van der Waals surface area (Å²) in [6.07, 6.45) is 0.133. The number of carbonyl (C=O) groups excluding carboxylic acids is 2. The van der Waals surface area contributed by atoms with Crippen molar-refractivity contribution < 1.29 is 19.5 Å². The molecule has 0 heterocycles. The molecular formula is C9H16N2O4. The molecule has 1 unspecified atom stereocenters. The monoisotopic (exact) mass is 216 g/mol. The largest absolute Gasteiger partial charge is 0.481 e. The van der Waals surface area contributed by atoms with Crippen LogP contribution in [0.25, 0.3) is 0 Å². The highest BCUT2D eigenvalue weighted by Gasteiger charge is 2.10. The maximum absolute atomic E-state index is 11.2. The van der Waals surface area contributed by atoms with Crippen LogP contribution in [0.15, 0.2) is 0 Å². The van der Waals surface area contributed by atoms with Crippen LogP contribution in [0.4, 0.5) is 0 Å². The van der Waals surface area contributed by atoms with Crippen LogP contribution in [0.5, 0.6) is 0 Å². The summed E-state index contributed by atoms with van der Waals surface area (Å²) in [5.41, 5.74) is 0. The van der Waals surface area contributed by atoms with Gasteiger partial charge in [0.15, 0.2) is 0 Å². The number of nitrogens with one attached hydrogen (secondary N) is 2. The Kier molecular flexibility index (Phi) is 6.08. The van der Waals surface area contributed by atoms with E-state index < -0.39 is 18.3 Å². The summed E-state index contributed by atoms with van der Waals surface area (Å²) >= 11 is 0. The summed E-state index contributed by atoms with van der Waals surface area (Å²) in [6.45, 7) is 3.62.